The first-order chi connectivity index (χ1) is 8.52. The molecule has 0 radical (unpaired) electrons. The number of nitrogens with zero attached hydrogens (tertiary/aromatic N) is 2. The highest BCUT2D eigenvalue weighted by Gasteiger charge is 2.15. The van der Waals surface area contributed by atoms with Crippen molar-refractivity contribution in [1.82, 2.24) is 4.98 Å². The minimum Gasteiger partial charge on any atom is -0.244 e. The summed E-state index contributed by atoms with van der Waals surface area (Å²) in [5.41, 5.74) is 1.46. The first kappa shape index (κ1) is 12.3. The predicted octanol–water partition coefficient (Wildman–Crippen LogP) is 2.02. The molecular weight excluding hydrogens is 248 g/mol. The van der Waals surface area contributed by atoms with Crippen LogP contribution in [0.1, 0.15) is 5.69 Å². The standard InChI is InChI=1S/C13H10N2O2S/c1-18(16,17)13-7-11(9-15-12(13)8-14)10-5-3-2-4-6-10/h2-7,9H,1H3. The Labute approximate surface area is 105 Å². The van der Waals surface area contributed by atoms with Crippen molar-refractivity contribution in [3.63, 3.8) is 0 Å². The van der Waals surface area contributed by atoms with Crippen molar-refractivity contribution < 1.29 is 8.42 Å². The highest BCUT2D eigenvalue weighted by atomic mass is 32.2. The predicted molar refractivity (Wildman–Crippen MR) is 67.5 cm³/mol. The number of hydrogen-bond donors (Lipinski definition) is 0. The quantitative estimate of drug-likeness (QED) is 0.826. The van der Waals surface area contributed by atoms with Crippen LogP contribution in [0, 0.1) is 11.3 Å². The van der Waals surface area contributed by atoms with Crippen LogP contribution in [0.5, 0.6) is 0 Å². The van der Waals surface area contributed by atoms with E-state index in [-0.39, 0.29) is 10.6 Å². The molecule has 0 aliphatic rings. The van der Waals surface area contributed by atoms with E-state index in [2.05, 4.69) is 4.98 Å². The normalized spacial score (nSPS) is 10.9. The van der Waals surface area contributed by atoms with Gasteiger partial charge in [-0.05, 0) is 11.6 Å². The van der Waals surface area contributed by atoms with Gasteiger partial charge in [0.15, 0.2) is 15.5 Å². The van der Waals surface area contributed by atoms with Gasteiger partial charge in [-0.15, -0.1) is 0 Å². The Hall–Kier alpha value is -2.19. The molecule has 0 unspecified atom stereocenters. The summed E-state index contributed by atoms with van der Waals surface area (Å²) in [6.07, 6.45) is 2.57. The number of sulfone groups is 1. The number of nitriles is 1. The number of benzene rings is 1. The van der Waals surface area contributed by atoms with E-state index in [1.807, 2.05) is 30.3 Å². The summed E-state index contributed by atoms with van der Waals surface area (Å²) in [6.45, 7) is 0. The average Bonchev–Trinajstić information content (AvgIpc) is 2.38. The summed E-state index contributed by atoms with van der Waals surface area (Å²) < 4.78 is 23.2. The first-order valence-corrected chi connectivity index (χ1v) is 7.07. The Morgan fingerprint density at radius 2 is 1.83 bits per heavy atom. The summed E-state index contributed by atoms with van der Waals surface area (Å²) in [6, 6.07) is 12.6. The molecule has 90 valence electrons. The van der Waals surface area contributed by atoms with Crippen molar-refractivity contribution >= 4 is 9.84 Å². The fourth-order valence-electron chi connectivity index (χ4n) is 1.60. The van der Waals surface area contributed by atoms with Gasteiger partial charge < -0.3 is 0 Å². The molecule has 0 amide bonds. The van der Waals surface area contributed by atoms with Gasteiger partial charge in [0, 0.05) is 18.0 Å². The highest BCUT2D eigenvalue weighted by molar-refractivity contribution is 7.90. The van der Waals surface area contributed by atoms with E-state index < -0.39 is 9.84 Å². The second-order valence-corrected chi connectivity index (χ2v) is 5.80. The maximum atomic E-state index is 11.6. The lowest BCUT2D eigenvalue weighted by Gasteiger charge is -2.05. The van der Waals surface area contributed by atoms with Gasteiger partial charge in [0.05, 0.1) is 0 Å². The monoisotopic (exact) mass is 258 g/mol. The van der Waals surface area contributed by atoms with E-state index >= 15 is 0 Å². The summed E-state index contributed by atoms with van der Waals surface area (Å²) in [5.74, 6) is 0. The molecule has 0 aliphatic carbocycles. The van der Waals surface area contributed by atoms with Crippen molar-refractivity contribution in [3.8, 4) is 17.2 Å². The minimum absolute atomic E-state index is 0.0358. The molecule has 0 saturated carbocycles. The van der Waals surface area contributed by atoms with Gasteiger partial charge in [0.1, 0.15) is 11.0 Å². The number of pyridine rings is 1. The minimum atomic E-state index is -3.46. The van der Waals surface area contributed by atoms with Crippen molar-refractivity contribution in [2.24, 2.45) is 0 Å². The molecule has 1 aromatic carbocycles. The molecule has 0 fully saturated rings. The zero-order valence-corrected chi connectivity index (χ0v) is 10.5. The molecule has 18 heavy (non-hydrogen) atoms. The van der Waals surface area contributed by atoms with Crippen LogP contribution in [0.15, 0.2) is 47.5 Å². The number of aromatic nitrogens is 1. The lowest BCUT2D eigenvalue weighted by molar-refractivity contribution is 0.601. The van der Waals surface area contributed by atoms with Crippen LogP contribution in [-0.4, -0.2) is 19.7 Å². The molecule has 0 aliphatic heterocycles. The largest absolute Gasteiger partial charge is 0.244 e. The maximum absolute atomic E-state index is 11.6. The van der Waals surface area contributed by atoms with Crippen LogP contribution in [0.4, 0.5) is 0 Å². The van der Waals surface area contributed by atoms with Crippen molar-refractivity contribution in [2.45, 2.75) is 4.90 Å². The van der Waals surface area contributed by atoms with Gasteiger partial charge in [-0.3, -0.25) is 0 Å². The summed E-state index contributed by atoms with van der Waals surface area (Å²) in [5, 5.41) is 8.87. The number of hydrogen-bond acceptors (Lipinski definition) is 4. The molecule has 1 heterocycles. The number of rotatable bonds is 2. The van der Waals surface area contributed by atoms with Crippen LogP contribution >= 0.6 is 0 Å². The van der Waals surface area contributed by atoms with Gasteiger partial charge in [-0.25, -0.2) is 13.4 Å². The van der Waals surface area contributed by atoms with E-state index in [1.54, 1.807) is 6.07 Å². The van der Waals surface area contributed by atoms with Crippen LogP contribution < -0.4 is 0 Å². The van der Waals surface area contributed by atoms with Gasteiger partial charge in [0.25, 0.3) is 0 Å². The van der Waals surface area contributed by atoms with Crippen molar-refractivity contribution in [2.75, 3.05) is 6.26 Å². The zero-order valence-electron chi connectivity index (χ0n) is 9.66. The van der Waals surface area contributed by atoms with Gasteiger partial charge >= 0.3 is 0 Å². The van der Waals surface area contributed by atoms with E-state index in [0.717, 1.165) is 11.8 Å². The van der Waals surface area contributed by atoms with Crippen LogP contribution in [0.3, 0.4) is 0 Å². The van der Waals surface area contributed by atoms with Gasteiger partial charge in [-0.2, -0.15) is 5.26 Å². The molecule has 2 aromatic rings. The molecule has 0 atom stereocenters. The lowest BCUT2D eigenvalue weighted by atomic mass is 10.1. The summed E-state index contributed by atoms with van der Waals surface area (Å²) in [4.78, 5) is 3.86. The second-order valence-electron chi connectivity index (χ2n) is 3.82. The molecule has 0 N–H and O–H groups in total. The van der Waals surface area contributed by atoms with E-state index in [4.69, 9.17) is 5.26 Å². The summed E-state index contributed by atoms with van der Waals surface area (Å²) >= 11 is 0. The zero-order chi connectivity index (χ0) is 13.2. The SMILES string of the molecule is CS(=O)(=O)c1cc(-c2ccccc2)cnc1C#N. The molecule has 0 bridgehead atoms. The van der Waals surface area contributed by atoms with Crippen LogP contribution in [-0.2, 0) is 9.84 Å². The van der Waals surface area contributed by atoms with Crippen LogP contribution in [0.25, 0.3) is 11.1 Å². The van der Waals surface area contributed by atoms with E-state index in [1.165, 1.54) is 12.3 Å². The van der Waals surface area contributed by atoms with Crippen LogP contribution in [0.2, 0.25) is 0 Å². The lowest BCUT2D eigenvalue weighted by Crippen LogP contribution is -2.02. The summed E-state index contributed by atoms with van der Waals surface area (Å²) in [7, 11) is -3.46. The maximum Gasteiger partial charge on any atom is 0.178 e. The molecule has 0 saturated heterocycles. The van der Waals surface area contributed by atoms with Gasteiger partial charge in [-0.1, -0.05) is 30.3 Å². The third-order valence-electron chi connectivity index (χ3n) is 2.47. The topological polar surface area (TPSA) is 70.8 Å². The van der Waals surface area contributed by atoms with E-state index in [0.29, 0.717) is 5.56 Å². The van der Waals surface area contributed by atoms with Crippen molar-refractivity contribution in [1.29, 1.82) is 5.26 Å². The Balaban J connectivity index is 2.66. The Bertz CT molecular complexity index is 716. The Morgan fingerprint density at radius 1 is 1.17 bits per heavy atom. The first-order valence-electron chi connectivity index (χ1n) is 5.18. The smallest absolute Gasteiger partial charge is 0.178 e. The second kappa shape index (κ2) is 4.59. The molecule has 1 aromatic heterocycles. The highest BCUT2D eigenvalue weighted by Crippen LogP contribution is 2.23. The molecule has 4 nitrogen and oxygen atoms in total. The van der Waals surface area contributed by atoms with E-state index in [9.17, 15) is 8.42 Å². The third-order valence-corrected chi connectivity index (χ3v) is 3.58. The van der Waals surface area contributed by atoms with Crippen molar-refractivity contribution in [3.05, 3.63) is 48.3 Å². The molecule has 5 heteroatoms. The average molecular weight is 258 g/mol. The van der Waals surface area contributed by atoms with Gasteiger partial charge in [0.2, 0.25) is 0 Å². The molecule has 2 rings (SSSR count). The third kappa shape index (κ3) is 2.39. The Kier molecular flexibility index (Phi) is 3.13. The fraction of sp³-hybridized carbons (Fsp3) is 0.0769. The molecular formula is C13H10N2O2S. The fourth-order valence-corrected chi connectivity index (χ4v) is 2.39. The molecule has 0 spiro atoms. The Morgan fingerprint density at radius 3 is 2.39 bits per heavy atom.